The lowest BCUT2D eigenvalue weighted by atomic mass is 9.73. The lowest BCUT2D eigenvalue weighted by Crippen LogP contribution is -2.35. The third-order valence-corrected chi connectivity index (χ3v) is 5.84. The highest BCUT2D eigenvalue weighted by Gasteiger charge is 2.41. The molecule has 1 unspecified atom stereocenters. The molecule has 1 aliphatic rings. The maximum absolute atomic E-state index is 14.5. The van der Waals surface area contributed by atoms with Gasteiger partial charge in [-0.3, -0.25) is 0 Å². The predicted molar refractivity (Wildman–Crippen MR) is 82.1 cm³/mol. The molecule has 0 aromatic heterocycles. The molecule has 1 nitrogen and oxygen atoms in total. The van der Waals surface area contributed by atoms with Crippen molar-refractivity contribution in [2.24, 2.45) is 5.41 Å². The predicted octanol–water partition coefficient (Wildman–Crippen LogP) is 5.47. The van der Waals surface area contributed by atoms with Crippen LogP contribution >= 0.6 is 27.5 Å². The summed E-state index contributed by atoms with van der Waals surface area (Å²) in [6, 6.07) is 3.72. The highest BCUT2D eigenvalue weighted by atomic mass is 79.9. The first-order chi connectivity index (χ1) is 9.05. The smallest absolute Gasteiger partial charge is 0.147 e. The van der Waals surface area contributed by atoms with Gasteiger partial charge in [0.1, 0.15) is 5.82 Å². The summed E-state index contributed by atoms with van der Waals surface area (Å²) in [7, 11) is 1.91. The van der Waals surface area contributed by atoms with E-state index in [4.69, 9.17) is 11.6 Å². The lowest BCUT2D eigenvalue weighted by molar-refractivity contribution is 0.191. The van der Waals surface area contributed by atoms with Crippen molar-refractivity contribution >= 4 is 27.5 Å². The van der Waals surface area contributed by atoms with E-state index in [1.807, 2.05) is 19.2 Å². The molecule has 1 aromatic rings. The summed E-state index contributed by atoms with van der Waals surface area (Å²) in [5.41, 5.74) is 0.853. The average Bonchev–Trinajstić information content (AvgIpc) is 2.89. The second-order valence-electron chi connectivity index (χ2n) is 5.41. The second kappa shape index (κ2) is 6.11. The number of hydrogen-bond acceptors (Lipinski definition) is 1. The number of halogens is 3. The molecule has 0 bridgehead atoms. The molecule has 1 N–H and O–H groups in total. The van der Waals surface area contributed by atoms with Gasteiger partial charge in [0.2, 0.25) is 0 Å². The normalized spacial score (nSPS) is 19.6. The third-order valence-electron chi connectivity index (χ3n) is 4.58. The van der Waals surface area contributed by atoms with Crippen LogP contribution in [0.25, 0.3) is 0 Å². The average molecular weight is 349 g/mol. The first-order valence-electron chi connectivity index (χ1n) is 6.86. The molecule has 19 heavy (non-hydrogen) atoms. The van der Waals surface area contributed by atoms with Crippen molar-refractivity contribution in [1.82, 2.24) is 5.32 Å². The van der Waals surface area contributed by atoms with Gasteiger partial charge >= 0.3 is 0 Å². The van der Waals surface area contributed by atoms with Crippen molar-refractivity contribution in [3.8, 4) is 0 Å². The van der Waals surface area contributed by atoms with Gasteiger partial charge in [0.05, 0.1) is 5.02 Å². The number of benzene rings is 1. The van der Waals surface area contributed by atoms with Crippen LogP contribution in [-0.4, -0.2) is 7.05 Å². The van der Waals surface area contributed by atoms with Gasteiger partial charge < -0.3 is 5.32 Å². The molecule has 1 aromatic carbocycles. The summed E-state index contributed by atoms with van der Waals surface area (Å²) >= 11 is 9.30. The van der Waals surface area contributed by atoms with E-state index in [1.165, 1.54) is 12.8 Å². The van der Waals surface area contributed by atoms with Crippen molar-refractivity contribution in [3.63, 3.8) is 0 Å². The fourth-order valence-corrected chi connectivity index (χ4v) is 3.96. The van der Waals surface area contributed by atoms with Crippen LogP contribution in [0, 0.1) is 11.2 Å². The van der Waals surface area contributed by atoms with Gasteiger partial charge in [0, 0.05) is 16.1 Å². The summed E-state index contributed by atoms with van der Waals surface area (Å²) in [6.07, 6.45) is 5.84. The Hall–Kier alpha value is -0.120. The van der Waals surface area contributed by atoms with Crippen LogP contribution in [0.5, 0.6) is 0 Å². The van der Waals surface area contributed by atoms with E-state index in [-0.39, 0.29) is 22.3 Å². The highest BCUT2D eigenvalue weighted by Crippen LogP contribution is 2.50. The zero-order valence-corrected chi connectivity index (χ0v) is 13.7. The SMILES string of the molecule is CCC1(C(NC)c2ccc(Br)c(Cl)c2F)CCCC1. The van der Waals surface area contributed by atoms with Crippen LogP contribution in [0.2, 0.25) is 5.02 Å². The van der Waals surface area contributed by atoms with Crippen LogP contribution < -0.4 is 5.32 Å². The molecule has 2 rings (SSSR count). The zero-order chi connectivity index (χ0) is 14.0. The maximum Gasteiger partial charge on any atom is 0.147 e. The van der Waals surface area contributed by atoms with Crippen molar-refractivity contribution < 1.29 is 4.39 Å². The quantitative estimate of drug-likeness (QED) is 0.711. The molecule has 106 valence electrons. The van der Waals surface area contributed by atoms with Gasteiger partial charge in [-0.25, -0.2) is 4.39 Å². The molecular weight excluding hydrogens is 329 g/mol. The largest absolute Gasteiger partial charge is 0.312 e. The van der Waals surface area contributed by atoms with Crippen LogP contribution in [0.1, 0.15) is 50.6 Å². The first kappa shape index (κ1) is 15.3. The van der Waals surface area contributed by atoms with E-state index in [1.54, 1.807) is 0 Å². The summed E-state index contributed by atoms with van der Waals surface area (Å²) in [5.74, 6) is -0.296. The Morgan fingerprint density at radius 3 is 2.58 bits per heavy atom. The van der Waals surface area contributed by atoms with Gasteiger partial charge in [-0.05, 0) is 53.7 Å². The van der Waals surface area contributed by atoms with Crippen LogP contribution in [0.15, 0.2) is 16.6 Å². The first-order valence-corrected chi connectivity index (χ1v) is 8.03. The fourth-order valence-electron chi connectivity index (χ4n) is 3.48. The molecule has 1 fully saturated rings. The standard InChI is InChI=1S/C15H20BrClFN/c1-3-15(8-4-5-9-15)14(19-2)10-6-7-11(16)12(17)13(10)18/h6-7,14,19H,3-5,8-9H2,1-2H3. The molecule has 0 amide bonds. The molecule has 0 aliphatic heterocycles. The molecule has 1 saturated carbocycles. The van der Waals surface area contributed by atoms with E-state index in [0.717, 1.165) is 19.3 Å². The molecule has 0 spiro atoms. The summed E-state index contributed by atoms with van der Waals surface area (Å²) in [4.78, 5) is 0. The van der Waals surface area contributed by atoms with Crippen molar-refractivity contribution in [3.05, 3.63) is 33.0 Å². The molecule has 0 heterocycles. The van der Waals surface area contributed by atoms with E-state index in [9.17, 15) is 4.39 Å². The molecule has 1 atom stereocenters. The summed E-state index contributed by atoms with van der Waals surface area (Å²) < 4.78 is 15.1. The molecule has 4 heteroatoms. The van der Waals surface area contributed by atoms with Crippen molar-refractivity contribution in [2.75, 3.05) is 7.05 Å². The Balaban J connectivity index is 2.45. The van der Waals surface area contributed by atoms with Crippen molar-refractivity contribution in [1.29, 1.82) is 0 Å². The van der Waals surface area contributed by atoms with Gasteiger partial charge in [-0.2, -0.15) is 0 Å². The molecule has 1 aliphatic carbocycles. The molecule has 0 saturated heterocycles. The lowest BCUT2D eigenvalue weighted by Gasteiger charge is -2.37. The number of hydrogen-bond donors (Lipinski definition) is 1. The van der Waals surface area contributed by atoms with E-state index < -0.39 is 0 Å². The summed E-state index contributed by atoms with van der Waals surface area (Å²) in [6.45, 7) is 2.20. The summed E-state index contributed by atoms with van der Waals surface area (Å²) in [5, 5.41) is 3.51. The van der Waals surface area contributed by atoms with Crippen molar-refractivity contribution in [2.45, 2.75) is 45.1 Å². The Morgan fingerprint density at radius 2 is 2.05 bits per heavy atom. The second-order valence-corrected chi connectivity index (χ2v) is 6.64. The van der Waals surface area contributed by atoms with Crippen LogP contribution in [0.3, 0.4) is 0 Å². The monoisotopic (exact) mass is 347 g/mol. The topological polar surface area (TPSA) is 12.0 Å². The fraction of sp³-hybridized carbons (Fsp3) is 0.600. The van der Waals surface area contributed by atoms with E-state index >= 15 is 0 Å². The Kier molecular flexibility index (Phi) is 4.91. The van der Waals surface area contributed by atoms with Gasteiger partial charge in [-0.1, -0.05) is 37.4 Å². The Morgan fingerprint density at radius 1 is 1.42 bits per heavy atom. The minimum Gasteiger partial charge on any atom is -0.312 e. The highest BCUT2D eigenvalue weighted by molar-refractivity contribution is 9.10. The zero-order valence-electron chi connectivity index (χ0n) is 11.4. The minimum absolute atomic E-state index is 0.0330. The number of nitrogens with one attached hydrogen (secondary N) is 1. The van der Waals surface area contributed by atoms with Crippen LogP contribution in [-0.2, 0) is 0 Å². The van der Waals surface area contributed by atoms with Gasteiger partial charge in [-0.15, -0.1) is 0 Å². The molecular formula is C15H20BrClFN. The third kappa shape index (κ3) is 2.70. The van der Waals surface area contributed by atoms with Gasteiger partial charge in [0.15, 0.2) is 0 Å². The Bertz CT molecular complexity index is 458. The molecule has 0 radical (unpaired) electrons. The van der Waals surface area contributed by atoms with E-state index in [0.29, 0.717) is 10.0 Å². The Labute approximate surface area is 128 Å². The van der Waals surface area contributed by atoms with Crippen LogP contribution in [0.4, 0.5) is 4.39 Å². The number of rotatable bonds is 4. The van der Waals surface area contributed by atoms with Gasteiger partial charge in [0.25, 0.3) is 0 Å². The maximum atomic E-state index is 14.5. The minimum atomic E-state index is -0.296. The van der Waals surface area contributed by atoms with E-state index in [2.05, 4.69) is 28.2 Å².